The molecule has 1 aromatic heterocycles. The van der Waals surface area contributed by atoms with Crippen LogP contribution in [-0.4, -0.2) is 22.9 Å². The molecule has 4 N–H and O–H groups in total. The zero-order valence-electron chi connectivity index (χ0n) is 12.5. The van der Waals surface area contributed by atoms with E-state index in [1.807, 2.05) is 13.8 Å². The first-order valence-corrected chi connectivity index (χ1v) is 7.51. The predicted octanol–water partition coefficient (Wildman–Crippen LogP) is 3.28. The molecule has 0 saturated carbocycles. The molecule has 0 spiro atoms. The molecule has 0 radical (unpaired) electrons. The number of fused-ring (bicyclic) bond motifs is 1. The van der Waals surface area contributed by atoms with E-state index in [0.29, 0.717) is 27.3 Å². The van der Waals surface area contributed by atoms with Gasteiger partial charge in [-0.1, -0.05) is 13.8 Å². The van der Waals surface area contributed by atoms with E-state index in [0.717, 1.165) is 5.69 Å². The Balaban J connectivity index is 0.00000192. The van der Waals surface area contributed by atoms with Crippen molar-refractivity contribution in [1.29, 1.82) is 0 Å². The van der Waals surface area contributed by atoms with Crippen molar-refractivity contribution in [2.75, 3.05) is 17.8 Å². The molecule has 2 heterocycles. The number of hydrogen-bond donors (Lipinski definition) is 3. The Labute approximate surface area is 147 Å². The number of ether oxygens (including phenoxy) is 2. The molecule has 1 aliphatic rings. The topological polar surface area (TPSA) is 102 Å². The first-order chi connectivity index (χ1) is 10.5. The molecule has 1 amide bonds. The van der Waals surface area contributed by atoms with Gasteiger partial charge in [0.05, 0.1) is 21.5 Å². The molecule has 0 saturated heterocycles. The third kappa shape index (κ3) is 3.23. The Hall–Kier alpha value is -1.93. The van der Waals surface area contributed by atoms with E-state index >= 15 is 0 Å². The minimum Gasteiger partial charge on any atom is -0.454 e. The van der Waals surface area contributed by atoms with E-state index < -0.39 is 0 Å². The highest BCUT2D eigenvalue weighted by Crippen LogP contribution is 2.38. The number of rotatable bonds is 3. The highest BCUT2D eigenvalue weighted by Gasteiger charge is 2.22. The van der Waals surface area contributed by atoms with Crippen LogP contribution in [0.3, 0.4) is 0 Å². The number of nitrogens with zero attached hydrogens (tertiary/aromatic N) is 1. The van der Waals surface area contributed by atoms with Crippen molar-refractivity contribution in [2.24, 2.45) is 0 Å². The van der Waals surface area contributed by atoms with Crippen molar-refractivity contribution in [3.8, 4) is 11.5 Å². The minimum atomic E-state index is -0.361. The molecule has 0 atom stereocenters. The second-order valence-electron chi connectivity index (χ2n) is 5.20. The Morgan fingerprint density at radius 2 is 2.04 bits per heavy atom. The number of amides is 1. The summed E-state index contributed by atoms with van der Waals surface area (Å²) in [6, 6.07) is 3.26. The first-order valence-electron chi connectivity index (χ1n) is 6.71. The van der Waals surface area contributed by atoms with Gasteiger partial charge in [-0.25, -0.2) is 0 Å². The molecule has 1 aromatic carbocycles. The SMILES string of the molecule is CC(C)c1[nH]nc(C(=O)Nc2cc3c(cc2N)OCO3)c1Br.Cl. The molecule has 23 heavy (non-hydrogen) atoms. The van der Waals surface area contributed by atoms with Gasteiger partial charge in [-0.2, -0.15) is 5.10 Å². The summed E-state index contributed by atoms with van der Waals surface area (Å²) in [6.45, 7) is 4.17. The third-order valence-corrected chi connectivity index (χ3v) is 4.12. The van der Waals surface area contributed by atoms with E-state index in [2.05, 4.69) is 31.4 Å². The number of halogens is 2. The lowest BCUT2D eigenvalue weighted by Crippen LogP contribution is -2.14. The van der Waals surface area contributed by atoms with Crippen molar-refractivity contribution < 1.29 is 14.3 Å². The van der Waals surface area contributed by atoms with Gasteiger partial charge in [0.1, 0.15) is 0 Å². The average molecular weight is 404 g/mol. The molecular formula is C14H16BrClN4O3. The molecule has 0 unspecified atom stereocenters. The molecule has 1 aliphatic heterocycles. The lowest BCUT2D eigenvalue weighted by molar-refractivity contribution is 0.102. The summed E-state index contributed by atoms with van der Waals surface area (Å²) in [6.07, 6.45) is 0. The molecule has 0 fully saturated rings. The number of hydrogen-bond acceptors (Lipinski definition) is 5. The van der Waals surface area contributed by atoms with Crippen LogP contribution < -0.4 is 20.5 Å². The number of nitrogens with one attached hydrogen (secondary N) is 2. The van der Waals surface area contributed by atoms with E-state index in [1.165, 1.54) is 0 Å². The number of nitrogen functional groups attached to an aromatic ring is 1. The second kappa shape index (κ2) is 6.67. The number of aromatic nitrogens is 2. The van der Waals surface area contributed by atoms with E-state index in [9.17, 15) is 4.79 Å². The smallest absolute Gasteiger partial charge is 0.277 e. The lowest BCUT2D eigenvalue weighted by atomic mass is 10.1. The van der Waals surface area contributed by atoms with Crippen LogP contribution in [0.25, 0.3) is 0 Å². The largest absolute Gasteiger partial charge is 0.454 e. The van der Waals surface area contributed by atoms with Crippen LogP contribution in [-0.2, 0) is 0 Å². The molecule has 9 heteroatoms. The van der Waals surface area contributed by atoms with E-state index in [4.69, 9.17) is 15.2 Å². The number of carbonyl (C=O) groups is 1. The van der Waals surface area contributed by atoms with E-state index in [-0.39, 0.29) is 36.7 Å². The van der Waals surface area contributed by atoms with Crippen LogP contribution in [0.5, 0.6) is 11.5 Å². The number of carbonyl (C=O) groups excluding carboxylic acids is 1. The monoisotopic (exact) mass is 402 g/mol. The number of benzene rings is 1. The number of nitrogens with two attached hydrogens (primary N) is 1. The lowest BCUT2D eigenvalue weighted by Gasteiger charge is -2.08. The third-order valence-electron chi connectivity index (χ3n) is 3.32. The summed E-state index contributed by atoms with van der Waals surface area (Å²) in [5.41, 5.74) is 7.91. The zero-order chi connectivity index (χ0) is 15.9. The molecule has 7 nitrogen and oxygen atoms in total. The Morgan fingerprint density at radius 1 is 1.39 bits per heavy atom. The predicted molar refractivity (Wildman–Crippen MR) is 92.6 cm³/mol. The molecule has 124 valence electrons. The van der Waals surface area contributed by atoms with Gasteiger partial charge in [0, 0.05) is 12.1 Å². The van der Waals surface area contributed by atoms with Gasteiger partial charge in [0.2, 0.25) is 6.79 Å². The van der Waals surface area contributed by atoms with Crippen LogP contribution in [0, 0.1) is 0 Å². The zero-order valence-corrected chi connectivity index (χ0v) is 14.9. The van der Waals surface area contributed by atoms with Gasteiger partial charge in [0.15, 0.2) is 17.2 Å². The van der Waals surface area contributed by atoms with Crippen molar-refractivity contribution in [3.05, 3.63) is 28.0 Å². The van der Waals surface area contributed by atoms with Gasteiger partial charge in [-0.3, -0.25) is 9.89 Å². The van der Waals surface area contributed by atoms with Crippen molar-refractivity contribution in [2.45, 2.75) is 19.8 Å². The maximum Gasteiger partial charge on any atom is 0.277 e. The van der Waals surface area contributed by atoms with Crippen molar-refractivity contribution in [1.82, 2.24) is 10.2 Å². The average Bonchev–Trinajstić information content (AvgIpc) is 3.05. The highest BCUT2D eigenvalue weighted by atomic mass is 79.9. The van der Waals surface area contributed by atoms with Crippen molar-refractivity contribution in [3.63, 3.8) is 0 Å². The minimum absolute atomic E-state index is 0. The van der Waals surface area contributed by atoms with Crippen LogP contribution in [0.1, 0.15) is 35.9 Å². The number of H-pyrrole nitrogens is 1. The maximum atomic E-state index is 12.4. The number of aromatic amines is 1. The molecular weight excluding hydrogens is 388 g/mol. The Kier molecular flexibility index (Phi) is 5.06. The van der Waals surface area contributed by atoms with E-state index in [1.54, 1.807) is 12.1 Å². The Morgan fingerprint density at radius 3 is 2.65 bits per heavy atom. The quantitative estimate of drug-likeness (QED) is 0.683. The van der Waals surface area contributed by atoms with Gasteiger partial charge in [0.25, 0.3) is 5.91 Å². The van der Waals surface area contributed by atoms with Gasteiger partial charge in [-0.05, 0) is 21.8 Å². The Bertz CT molecular complexity index is 748. The summed E-state index contributed by atoms with van der Waals surface area (Å²) in [5, 5.41) is 9.65. The summed E-state index contributed by atoms with van der Waals surface area (Å²) in [7, 11) is 0. The standard InChI is InChI=1S/C14H15BrN4O3.ClH/c1-6(2)12-11(15)13(19-18-12)14(20)17-8-4-10-9(3-7(8)16)21-5-22-10;/h3-4,6H,5,16H2,1-2H3,(H,17,20)(H,18,19);1H. The van der Waals surface area contributed by atoms with Crippen LogP contribution in [0.4, 0.5) is 11.4 Å². The molecule has 0 aliphatic carbocycles. The highest BCUT2D eigenvalue weighted by molar-refractivity contribution is 9.10. The summed E-state index contributed by atoms with van der Waals surface area (Å²) in [4.78, 5) is 12.4. The maximum absolute atomic E-state index is 12.4. The normalized spacial score (nSPS) is 12.2. The number of anilines is 2. The summed E-state index contributed by atoms with van der Waals surface area (Å²) >= 11 is 3.40. The fourth-order valence-electron chi connectivity index (χ4n) is 2.12. The van der Waals surface area contributed by atoms with Gasteiger partial charge >= 0.3 is 0 Å². The summed E-state index contributed by atoms with van der Waals surface area (Å²) < 4.78 is 11.2. The molecule has 2 aromatic rings. The summed E-state index contributed by atoms with van der Waals surface area (Å²) in [5.74, 6) is 0.978. The van der Waals surface area contributed by atoms with Crippen LogP contribution >= 0.6 is 28.3 Å². The first kappa shape index (κ1) is 17.4. The second-order valence-corrected chi connectivity index (χ2v) is 5.99. The fourth-order valence-corrected chi connectivity index (χ4v) is 2.94. The molecule has 3 rings (SSSR count). The van der Waals surface area contributed by atoms with Crippen molar-refractivity contribution >= 4 is 45.6 Å². The van der Waals surface area contributed by atoms with Gasteiger partial charge < -0.3 is 20.5 Å². The molecule has 0 bridgehead atoms. The van der Waals surface area contributed by atoms with Crippen LogP contribution in [0.2, 0.25) is 0 Å². The van der Waals surface area contributed by atoms with Crippen LogP contribution in [0.15, 0.2) is 16.6 Å². The fraction of sp³-hybridized carbons (Fsp3) is 0.286. The van der Waals surface area contributed by atoms with Gasteiger partial charge in [-0.15, -0.1) is 12.4 Å².